The predicted molar refractivity (Wildman–Crippen MR) is 125 cm³/mol. The molecule has 2 aromatic carbocycles. The molecule has 0 aliphatic carbocycles. The summed E-state index contributed by atoms with van der Waals surface area (Å²) >= 11 is 0. The zero-order chi connectivity index (χ0) is 23.4. The van der Waals surface area contributed by atoms with E-state index in [0.717, 1.165) is 10.8 Å². The highest BCUT2D eigenvalue weighted by atomic mass is 32.2. The molecule has 1 amide bonds. The second-order valence-corrected chi connectivity index (χ2v) is 10.5. The average molecular weight is 474 g/mol. The summed E-state index contributed by atoms with van der Waals surface area (Å²) in [4.78, 5) is 28.8. The maximum Gasteiger partial charge on any atom is 0.309 e. The fourth-order valence-corrected chi connectivity index (χ4v) is 5.99. The molecule has 2 fully saturated rings. The van der Waals surface area contributed by atoms with Crippen molar-refractivity contribution < 1.29 is 22.7 Å². The second-order valence-electron chi connectivity index (χ2n) is 8.60. The molecule has 2 aromatic rings. The molecule has 9 heteroatoms. The van der Waals surface area contributed by atoms with Crippen LogP contribution in [0, 0.1) is 5.92 Å². The van der Waals surface area contributed by atoms with Crippen LogP contribution >= 0.6 is 0 Å². The molecule has 0 N–H and O–H groups in total. The van der Waals surface area contributed by atoms with E-state index in [2.05, 4.69) is 4.90 Å². The fourth-order valence-electron chi connectivity index (χ4n) is 4.53. The molecule has 2 heterocycles. The Labute approximate surface area is 195 Å². The van der Waals surface area contributed by atoms with E-state index < -0.39 is 10.0 Å². The quantitative estimate of drug-likeness (QED) is 0.596. The standard InChI is InChI=1S/C24H31N3O5S/c1-2-32-24(29)20-9-11-25(12-10-20)18-23(28)26-13-15-27(16-14-26)33(30,31)22-8-7-19-5-3-4-6-21(19)17-22/h3-8,17,20H,2,9-16,18H2,1H3. The van der Waals surface area contributed by atoms with Gasteiger partial charge in [-0.2, -0.15) is 4.31 Å². The van der Waals surface area contributed by atoms with E-state index >= 15 is 0 Å². The van der Waals surface area contributed by atoms with Crippen LogP contribution in [0.4, 0.5) is 0 Å². The summed E-state index contributed by atoms with van der Waals surface area (Å²) in [6, 6.07) is 12.9. The first-order valence-electron chi connectivity index (χ1n) is 11.5. The third kappa shape index (κ3) is 5.37. The molecular weight excluding hydrogens is 442 g/mol. The molecule has 4 rings (SSSR count). The first-order valence-corrected chi connectivity index (χ1v) is 13.0. The molecule has 0 atom stereocenters. The minimum atomic E-state index is -3.61. The molecular formula is C24H31N3O5S. The number of piperazine rings is 1. The topological polar surface area (TPSA) is 87.2 Å². The lowest BCUT2D eigenvalue weighted by Crippen LogP contribution is -2.53. The first-order chi connectivity index (χ1) is 15.9. The van der Waals surface area contributed by atoms with E-state index in [0.29, 0.717) is 52.2 Å². The SMILES string of the molecule is CCOC(=O)C1CCN(CC(=O)N2CCN(S(=O)(=O)c3ccc4ccccc4c3)CC2)CC1. The fraction of sp³-hybridized carbons (Fsp3) is 0.500. The maximum absolute atomic E-state index is 13.1. The summed E-state index contributed by atoms with van der Waals surface area (Å²) in [5.41, 5.74) is 0. The smallest absolute Gasteiger partial charge is 0.309 e. The number of hydrogen-bond donors (Lipinski definition) is 0. The van der Waals surface area contributed by atoms with Crippen molar-refractivity contribution in [2.24, 2.45) is 5.92 Å². The number of esters is 1. The summed E-state index contributed by atoms with van der Waals surface area (Å²) in [5.74, 6) is -0.222. The van der Waals surface area contributed by atoms with Crippen LogP contribution in [0.25, 0.3) is 10.8 Å². The van der Waals surface area contributed by atoms with Crippen molar-refractivity contribution in [2.45, 2.75) is 24.7 Å². The van der Waals surface area contributed by atoms with Crippen molar-refractivity contribution in [3.05, 3.63) is 42.5 Å². The van der Waals surface area contributed by atoms with Crippen LogP contribution in [0.1, 0.15) is 19.8 Å². The largest absolute Gasteiger partial charge is 0.466 e. The van der Waals surface area contributed by atoms with Crippen LogP contribution in [0.5, 0.6) is 0 Å². The van der Waals surface area contributed by atoms with Crippen molar-refractivity contribution >= 4 is 32.7 Å². The van der Waals surface area contributed by atoms with Gasteiger partial charge in [-0.3, -0.25) is 14.5 Å². The minimum absolute atomic E-state index is 0.00679. The number of ether oxygens (including phenoxy) is 1. The number of piperidine rings is 1. The monoisotopic (exact) mass is 473 g/mol. The van der Waals surface area contributed by atoms with Gasteiger partial charge in [-0.05, 0) is 55.8 Å². The highest BCUT2D eigenvalue weighted by molar-refractivity contribution is 7.89. The highest BCUT2D eigenvalue weighted by Crippen LogP contribution is 2.23. The van der Waals surface area contributed by atoms with E-state index in [-0.39, 0.29) is 35.8 Å². The molecule has 2 aliphatic rings. The van der Waals surface area contributed by atoms with Crippen LogP contribution in [-0.2, 0) is 24.3 Å². The van der Waals surface area contributed by atoms with Crippen LogP contribution < -0.4 is 0 Å². The van der Waals surface area contributed by atoms with Gasteiger partial charge < -0.3 is 9.64 Å². The van der Waals surface area contributed by atoms with Gasteiger partial charge in [-0.1, -0.05) is 30.3 Å². The van der Waals surface area contributed by atoms with E-state index in [1.807, 2.05) is 30.3 Å². The van der Waals surface area contributed by atoms with Gasteiger partial charge in [0.1, 0.15) is 0 Å². The zero-order valence-electron chi connectivity index (χ0n) is 19.0. The van der Waals surface area contributed by atoms with Gasteiger partial charge in [0.05, 0.1) is 24.0 Å². The Morgan fingerprint density at radius 2 is 1.61 bits per heavy atom. The maximum atomic E-state index is 13.1. The second kappa shape index (κ2) is 10.2. The van der Waals surface area contributed by atoms with E-state index in [9.17, 15) is 18.0 Å². The number of sulfonamides is 1. The molecule has 2 aliphatic heterocycles. The molecule has 0 spiro atoms. The number of nitrogens with zero attached hydrogens (tertiary/aromatic N) is 3. The lowest BCUT2D eigenvalue weighted by molar-refractivity contribution is -0.149. The number of likely N-dealkylation sites (tertiary alicyclic amines) is 1. The molecule has 0 saturated carbocycles. The van der Waals surface area contributed by atoms with Gasteiger partial charge in [-0.25, -0.2) is 8.42 Å². The molecule has 0 aromatic heterocycles. The van der Waals surface area contributed by atoms with Crippen molar-refractivity contribution in [1.82, 2.24) is 14.1 Å². The number of rotatable bonds is 6. The first kappa shape index (κ1) is 23.7. The summed E-state index contributed by atoms with van der Waals surface area (Å²) in [6.07, 6.45) is 1.40. The van der Waals surface area contributed by atoms with Gasteiger partial charge in [-0.15, -0.1) is 0 Å². The van der Waals surface area contributed by atoms with Gasteiger partial charge in [0, 0.05) is 26.2 Å². The van der Waals surface area contributed by atoms with Gasteiger partial charge in [0.15, 0.2) is 0 Å². The van der Waals surface area contributed by atoms with Gasteiger partial charge in [0.2, 0.25) is 15.9 Å². The predicted octanol–water partition coefficient (Wildman–Crippen LogP) is 1.95. The third-order valence-electron chi connectivity index (χ3n) is 6.52. The number of benzene rings is 2. The van der Waals surface area contributed by atoms with Gasteiger partial charge >= 0.3 is 5.97 Å². The lowest BCUT2D eigenvalue weighted by Gasteiger charge is -2.36. The summed E-state index contributed by atoms with van der Waals surface area (Å²) in [6.45, 7) is 5.19. The highest BCUT2D eigenvalue weighted by Gasteiger charge is 2.32. The third-order valence-corrected chi connectivity index (χ3v) is 8.41. The van der Waals surface area contributed by atoms with Gasteiger partial charge in [0.25, 0.3) is 0 Å². The van der Waals surface area contributed by atoms with Crippen LogP contribution in [0.3, 0.4) is 0 Å². The minimum Gasteiger partial charge on any atom is -0.466 e. The Bertz CT molecular complexity index is 1100. The number of fused-ring (bicyclic) bond motifs is 1. The summed E-state index contributed by atoms with van der Waals surface area (Å²) in [7, 11) is -3.61. The number of carbonyl (C=O) groups is 2. The van der Waals surface area contributed by atoms with Crippen LogP contribution in [-0.4, -0.2) is 86.8 Å². The van der Waals surface area contributed by atoms with Crippen molar-refractivity contribution in [1.29, 1.82) is 0 Å². The van der Waals surface area contributed by atoms with E-state index in [1.54, 1.807) is 24.0 Å². The average Bonchev–Trinajstić information content (AvgIpc) is 2.84. The Kier molecular flexibility index (Phi) is 7.31. The Hall–Kier alpha value is -2.49. The summed E-state index contributed by atoms with van der Waals surface area (Å²) < 4.78 is 32.8. The number of carbonyl (C=O) groups excluding carboxylic acids is 2. The number of hydrogen-bond acceptors (Lipinski definition) is 6. The molecule has 8 nitrogen and oxygen atoms in total. The van der Waals surface area contributed by atoms with E-state index in [4.69, 9.17) is 4.74 Å². The molecule has 2 saturated heterocycles. The number of amides is 1. The molecule has 0 radical (unpaired) electrons. The Balaban J connectivity index is 1.29. The molecule has 33 heavy (non-hydrogen) atoms. The molecule has 178 valence electrons. The van der Waals surface area contributed by atoms with Crippen molar-refractivity contribution in [3.8, 4) is 0 Å². The van der Waals surface area contributed by atoms with Crippen molar-refractivity contribution in [3.63, 3.8) is 0 Å². The van der Waals surface area contributed by atoms with Crippen molar-refractivity contribution in [2.75, 3.05) is 52.4 Å². The van der Waals surface area contributed by atoms with Crippen LogP contribution in [0.2, 0.25) is 0 Å². The normalized spacial score (nSPS) is 19.0. The van der Waals surface area contributed by atoms with Crippen LogP contribution in [0.15, 0.2) is 47.4 Å². The Morgan fingerprint density at radius 3 is 2.27 bits per heavy atom. The molecule has 0 bridgehead atoms. The molecule has 0 unspecified atom stereocenters. The Morgan fingerprint density at radius 1 is 0.939 bits per heavy atom. The summed E-state index contributed by atoms with van der Waals surface area (Å²) in [5, 5.41) is 1.89. The van der Waals surface area contributed by atoms with E-state index in [1.165, 1.54) is 4.31 Å². The zero-order valence-corrected chi connectivity index (χ0v) is 19.8. The lowest BCUT2D eigenvalue weighted by atomic mass is 9.97.